The average molecular weight is 658 g/mol. The summed E-state index contributed by atoms with van der Waals surface area (Å²) in [5, 5.41) is 23.7. The Kier molecular flexibility index (Phi) is 8.58. The molecule has 3 aliphatic rings. The van der Waals surface area contributed by atoms with Crippen LogP contribution in [0.5, 0.6) is 0 Å². The highest BCUT2D eigenvalue weighted by Crippen LogP contribution is 2.41. The van der Waals surface area contributed by atoms with Gasteiger partial charge in [0.25, 0.3) is 11.8 Å². The number of hydrogen-bond acceptors (Lipinski definition) is 11. The molecule has 14 nitrogen and oxygen atoms in total. The number of β-lactam (4-membered cyclic amide) rings is 1. The topological polar surface area (TPSA) is 159 Å². The average Bonchev–Trinajstić information content (AvgIpc) is 3.46. The number of halogens is 1. The number of benzene rings is 1. The summed E-state index contributed by atoms with van der Waals surface area (Å²) in [6, 6.07) is 1.83. The van der Waals surface area contributed by atoms with Crippen molar-refractivity contribution in [2.24, 2.45) is 7.05 Å². The van der Waals surface area contributed by atoms with E-state index in [0.29, 0.717) is 47.3 Å². The Morgan fingerprint density at radius 3 is 2.56 bits per heavy atom. The maximum Gasteiger partial charge on any atom is 0.352 e. The molecule has 5 heterocycles. The number of pyridine rings is 1. The molecule has 2 amide bonds. The number of carbonyl (C=O) groups excluding carboxylic acids is 2. The lowest BCUT2D eigenvalue weighted by Gasteiger charge is -2.49. The van der Waals surface area contributed by atoms with Gasteiger partial charge < -0.3 is 24.8 Å². The van der Waals surface area contributed by atoms with Gasteiger partial charge in [-0.2, -0.15) is 0 Å². The first-order valence-corrected chi connectivity index (χ1v) is 16.6. The van der Waals surface area contributed by atoms with Crippen molar-refractivity contribution in [3.05, 3.63) is 51.2 Å². The summed E-state index contributed by atoms with van der Waals surface area (Å²) in [4.78, 5) is 57.8. The quantitative estimate of drug-likeness (QED) is 0.249. The van der Waals surface area contributed by atoms with Crippen molar-refractivity contribution in [2.75, 3.05) is 49.1 Å². The third-order valence-corrected chi connectivity index (χ3v) is 10.8. The molecule has 0 bridgehead atoms. The summed E-state index contributed by atoms with van der Waals surface area (Å²) in [6.45, 7) is 8.25. The van der Waals surface area contributed by atoms with E-state index in [2.05, 4.69) is 32.7 Å². The Hall–Kier alpha value is -3.96. The number of aryl methyl sites for hydroxylation is 2. The second-order valence-electron chi connectivity index (χ2n) is 10.9. The zero-order chi connectivity index (χ0) is 32.0. The third kappa shape index (κ3) is 5.56. The molecule has 3 aromatic rings. The zero-order valence-electron chi connectivity index (χ0n) is 24.9. The summed E-state index contributed by atoms with van der Waals surface area (Å²) in [6.07, 6.45) is 1.44. The van der Waals surface area contributed by atoms with Gasteiger partial charge >= 0.3 is 5.97 Å². The Balaban J connectivity index is 1.22. The summed E-state index contributed by atoms with van der Waals surface area (Å²) < 4.78 is 18.6. The van der Waals surface area contributed by atoms with Crippen LogP contribution in [-0.2, 0) is 23.2 Å². The number of nitrogens with one attached hydrogen (secondary N) is 1. The number of aromatic nitrogens is 5. The molecular weight excluding hydrogens is 625 g/mol. The minimum atomic E-state index is -1.25. The van der Waals surface area contributed by atoms with Gasteiger partial charge in [-0.25, -0.2) is 13.9 Å². The molecule has 17 heteroatoms. The van der Waals surface area contributed by atoms with Gasteiger partial charge in [-0.1, -0.05) is 18.7 Å². The summed E-state index contributed by atoms with van der Waals surface area (Å²) in [5.41, 5.74) is 0.475. The number of amides is 2. The Bertz CT molecular complexity index is 1790. The van der Waals surface area contributed by atoms with E-state index in [9.17, 15) is 24.3 Å². The highest BCUT2D eigenvalue weighted by Gasteiger charge is 2.54. The van der Waals surface area contributed by atoms with Gasteiger partial charge in [0.05, 0.1) is 11.2 Å². The van der Waals surface area contributed by atoms with Gasteiger partial charge in [-0.15, -0.1) is 16.9 Å². The zero-order valence-corrected chi connectivity index (χ0v) is 26.5. The number of carboxylic acid groups (broad SMARTS) is 1. The number of nitrogens with zero attached hydrogens (tertiary/aromatic N) is 8. The van der Waals surface area contributed by atoms with E-state index in [1.54, 1.807) is 17.7 Å². The van der Waals surface area contributed by atoms with Crippen LogP contribution in [0.15, 0.2) is 39.6 Å². The van der Waals surface area contributed by atoms with Crippen molar-refractivity contribution >= 4 is 57.9 Å². The molecule has 45 heavy (non-hydrogen) atoms. The molecular formula is C28H32FN9O5S2. The third-order valence-electron chi connectivity index (χ3n) is 8.39. The minimum Gasteiger partial charge on any atom is -0.477 e. The van der Waals surface area contributed by atoms with Crippen LogP contribution in [0.4, 0.5) is 10.1 Å². The Labute approximate surface area is 265 Å². The van der Waals surface area contributed by atoms with Crippen LogP contribution in [0.1, 0.15) is 24.2 Å². The lowest BCUT2D eigenvalue weighted by molar-refractivity contribution is -0.148. The van der Waals surface area contributed by atoms with E-state index in [1.165, 1.54) is 45.4 Å². The van der Waals surface area contributed by atoms with Gasteiger partial charge in [0, 0.05) is 62.9 Å². The Morgan fingerprint density at radius 1 is 1.16 bits per heavy atom. The number of fused-ring (bicyclic) bond motifs is 2. The molecule has 238 valence electrons. The summed E-state index contributed by atoms with van der Waals surface area (Å²) in [7, 11) is 1.67. The molecule has 6 rings (SSSR count). The summed E-state index contributed by atoms with van der Waals surface area (Å²) >= 11 is 2.57. The van der Waals surface area contributed by atoms with Crippen LogP contribution in [0.3, 0.4) is 0 Å². The molecule has 0 radical (unpaired) electrons. The molecule has 2 atom stereocenters. The molecule has 3 aliphatic heterocycles. The molecule has 0 saturated carbocycles. The van der Waals surface area contributed by atoms with Crippen molar-refractivity contribution < 1.29 is 23.9 Å². The van der Waals surface area contributed by atoms with E-state index < -0.39 is 40.4 Å². The number of piperazine rings is 1. The summed E-state index contributed by atoms with van der Waals surface area (Å²) in [5.74, 6) is -2.58. The van der Waals surface area contributed by atoms with Crippen LogP contribution in [-0.4, -0.2) is 113 Å². The number of thioether (sulfide) groups is 2. The number of tetrazole rings is 1. The van der Waals surface area contributed by atoms with Crippen LogP contribution in [0.25, 0.3) is 10.9 Å². The fraction of sp³-hybridized carbons (Fsp3) is 0.464. The number of carbonyl (C=O) groups is 3. The number of likely N-dealkylation sites (N-methyl/N-ethyl adjacent to an activating group) is 1. The van der Waals surface area contributed by atoms with E-state index in [1.807, 2.05) is 11.8 Å². The molecule has 1 aromatic carbocycles. The number of rotatable bonds is 9. The van der Waals surface area contributed by atoms with Crippen molar-refractivity contribution in [1.29, 1.82) is 0 Å². The van der Waals surface area contributed by atoms with Gasteiger partial charge in [0.1, 0.15) is 28.5 Å². The van der Waals surface area contributed by atoms with Gasteiger partial charge in [-0.3, -0.25) is 19.3 Å². The second-order valence-corrected chi connectivity index (χ2v) is 12.9. The largest absolute Gasteiger partial charge is 0.477 e. The predicted octanol–water partition coefficient (Wildman–Crippen LogP) is 0.970. The van der Waals surface area contributed by atoms with Crippen LogP contribution < -0.4 is 15.6 Å². The first-order valence-electron chi connectivity index (χ1n) is 14.5. The van der Waals surface area contributed by atoms with Gasteiger partial charge in [0.2, 0.25) is 10.6 Å². The highest BCUT2D eigenvalue weighted by molar-refractivity contribution is 8.01. The van der Waals surface area contributed by atoms with Gasteiger partial charge in [0.15, 0.2) is 0 Å². The SMILES string of the molecule is CCN1CCN(c2cc3c(cc2F)c(=O)c(C(=O)NC2C(=O)N4C(C(=O)O)=C(CSc5nnnn5C)CS[C@@H]24)cn3CC)CC1. The van der Waals surface area contributed by atoms with E-state index in [-0.39, 0.29) is 22.4 Å². The maximum atomic E-state index is 15.4. The molecule has 0 aliphatic carbocycles. The van der Waals surface area contributed by atoms with E-state index in [4.69, 9.17) is 0 Å². The second kappa shape index (κ2) is 12.4. The van der Waals surface area contributed by atoms with Crippen LogP contribution >= 0.6 is 23.5 Å². The normalized spacial score (nSPS) is 20.4. The maximum absolute atomic E-state index is 15.4. The van der Waals surface area contributed by atoms with E-state index in [0.717, 1.165) is 19.6 Å². The number of anilines is 1. The van der Waals surface area contributed by atoms with Crippen LogP contribution in [0.2, 0.25) is 0 Å². The molecule has 2 N–H and O–H groups in total. The first-order chi connectivity index (χ1) is 21.6. The number of carboxylic acids is 1. The van der Waals surface area contributed by atoms with Crippen molar-refractivity contribution in [2.45, 2.75) is 37.0 Å². The molecule has 0 spiro atoms. The highest BCUT2D eigenvalue weighted by atomic mass is 32.2. The van der Waals surface area contributed by atoms with Crippen molar-refractivity contribution in [3.63, 3.8) is 0 Å². The smallest absolute Gasteiger partial charge is 0.352 e. The van der Waals surface area contributed by atoms with E-state index >= 15 is 4.39 Å². The number of aliphatic carboxylic acids is 1. The molecule has 2 saturated heterocycles. The fourth-order valence-electron chi connectivity index (χ4n) is 5.88. The van der Waals surface area contributed by atoms with Crippen LogP contribution in [0, 0.1) is 5.82 Å². The molecule has 2 fully saturated rings. The Morgan fingerprint density at radius 2 is 1.91 bits per heavy atom. The standard InChI is InChI=1S/C28H32FN9O5S2/c1-4-35-6-8-37(9-7-35)20-11-19-16(10-18(20)29)23(39)17(12-36(19)5-2)24(40)30-21-25(41)38-22(27(42)43)15(13-44-26(21)38)14-45-28-31-32-33-34(28)3/h10-12,21,26H,4-9,13-14H2,1-3H3,(H,30,40)(H,42,43)/t21?,26-/m0/s1. The lowest BCUT2D eigenvalue weighted by atomic mass is 10.0. The first kappa shape index (κ1) is 31.0. The molecule has 1 unspecified atom stereocenters. The van der Waals surface area contributed by atoms with Crippen molar-refractivity contribution in [1.82, 2.24) is 39.9 Å². The lowest BCUT2D eigenvalue weighted by Crippen LogP contribution is -2.70. The minimum absolute atomic E-state index is 0.0721. The monoisotopic (exact) mass is 657 g/mol. The van der Waals surface area contributed by atoms with Gasteiger partial charge in [-0.05, 0) is 41.6 Å². The fourth-order valence-corrected chi connectivity index (χ4v) is 8.21. The molecule has 2 aromatic heterocycles. The predicted molar refractivity (Wildman–Crippen MR) is 167 cm³/mol. The number of hydrogen-bond donors (Lipinski definition) is 2. The van der Waals surface area contributed by atoms with Crippen molar-refractivity contribution in [3.8, 4) is 0 Å².